The first-order chi connectivity index (χ1) is 6.58. The van der Waals surface area contributed by atoms with Crippen LogP contribution in [0.2, 0.25) is 0 Å². The van der Waals surface area contributed by atoms with Crippen molar-refractivity contribution in [1.29, 1.82) is 0 Å². The molecule has 0 aliphatic carbocycles. The van der Waals surface area contributed by atoms with Gasteiger partial charge in [-0.1, -0.05) is 0 Å². The summed E-state index contributed by atoms with van der Waals surface area (Å²) in [5.74, 6) is -1.88. The molecule has 0 spiro atoms. The fourth-order valence-corrected chi connectivity index (χ4v) is 2.10. The number of carboxylic acids is 1. The second-order valence-electron chi connectivity index (χ2n) is 2.76. The minimum absolute atomic E-state index is 0.0842. The average Bonchev–Trinajstić information content (AvgIpc) is 2.47. The maximum Gasteiger partial charge on any atom is 0.345 e. The Bertz CT molecular complexity index is 518. The number of carboxylic acid groups (broad SMARTS) is 1. The van der Waals surface area contributed by atoms with Crippen LogP contribution in [0.4, 0.5) is 4.39 Å². The van der Waals surface area contributed by atoms with E-state index in [9.17, 15) is 14.3 Å². The first-order valence-corrected chi connectivity index (χ1v) is 4.55. The molecule has 2 aromatic rings. The van der Waals surface area contributed by atoms with Gasteiger partial charge in [0.15, 0.2) is 0 Å². The summed E-state index contributed by atoms with van der Waals surface area (Å²) >= 11 is 0.924. The fourth-order valence-electron chi connectivity index (χ4n) is 1.20. The molecule has 1 heterocycles. The van der Waals surface area contributed by atoms with E-state index in [1.54, 1.807) is 0 Å². The summed E-state index contributed by atoms with van der Waals surface area (Å²) < 4.78 is 13.2. The molecule has 0 radical (unpaired) electrons. The van der Waals surface area contributed by atoms with Crippen LogP contribution in [0.5, 0.6) is 5.75 Å². The lowest BCUT2D eigenvalue weighted by Crippen LogP contribution is -1.89. The minimum atomic E-state index is -1.08. The molecule has 0 amide bonds. The number of carbonyl (C=O) groups is 1. The van der Waals surface area contributed by atoms with Gasteiger partial charge in [-0.05, 0) is 17.5 Å². The Labute approximate surface area is 82.0 Å². The van der Waals surface area contributed by atoms with Crippen LogP contribution in [0.3, 0.4) is 0 Å². The molecule has 0 aliphatic heterocycles. The molecule has 0 saturated carbocycles. The molecule has 2 N–H and O–H groups in total. The molecule has 0 fully saturated rings. The van der Waals surface area contributed by atoms with E-state index in [4.69, 9.17) is 5.11 Å². The Balaban J connectivity index is 2.76. The average molecular weight is 212 g/mol. The number of aromatic hydroxyl groups is 1. The van der Waals surface area contributed by atoms with Gasteiger partial charge in [0.05, 0.1) is 4.70 Å². The van der Waals surface area contributed by atoms with Gasteiger partial charge < -0.3 is 10.2 Å². The summed E-state index contributed by atoms with van der Waals surface area (Å²) in [4.78, 5) is 10.7. The number of hydrogen-bond acceptors (Lipinski definition) is 3. The van der Waals surface area contributed by atoms with E-state index in [1.165, 1.54) is 12.1 Å². The van der Waals surface area contributed by atoms with Crippen LogP contribution in [-0.2, 0) is 0 Å². The van der Waals surface area contributed by atoms with Gasteiger partial charge in [0.25, 0.3) is 0 Å². The third-order valence-corrected chi connectivity index (χ3v) is 2.93. The van der Waals surface area contributed by atoms with Gasteiger partial charge in [0, 0.05) is 6.07 Å². The number of halogens is 1. The first kappa shape index (κ1) is 8.96. The third kappa shape index (κ3) is 1.31. The van der Waals surface area contributed by atoms with Gasteiger partial charge in [-0.15, -0.1) is 11.3 Å². The molecule has 0 saturated heterocycles. The highest BCUT2D eigenvalue weighted by atomic mass is 32.1. The van der Waals surface area contributed by atoms with Crippen molar-refractivity contribution in [3.05, 3.63) is 28.9 Å². The number of phenolic OH excluding ortho intramolecular Hbond substituents is 1. The van der Waals surface area contributed by atoms with Crippen molar-refractivity contribution in [3.8, 4) is 5.75 Å². The van der Waals surface area contributed by atoms with E-state index in [-0.39, 0.29) is 10.6 Å². The lowest BCUT2D eigenvalue weighted by molar-refractivity contribution is 0.0702. The van der Waals surface area contributed by atoms with E-state index in [1.807, 2.05) is 0 Å². The minimum Gasteiger partial charge on any atom is -0.506 e. The van der Waals surface area contributed by atoms with E-state index >= 15 is 0 Å². The second-order valence-corrected chi connectivity index (χ2v) is 3.81. The van der Waals surface area contributed by atoms with Crippen molar-refractivity contribution in [3.63, 3.8) is 0 Å². The molecular weight excluding hydrogens is 207 g/mol. The lowest BCUT2D eigenvalue weighted by atomic mass is 10.2. The summed E-state index contributed by atoms with van der Waals surface area (Å²) in [5.41, 5.74) is 0. The quantitative estimate of drug-likeness (QED) is 0.763. The summed E-state index contributed by atoms with van der Waals surface area (Å²) in [6, 6.07) is 3.49. The van der Waals surface area contributed by atoms with Crippen molar-refractivity contribution in [2.45, 2.75) is 0 Å². The van der Waals surface area contributed by atoms with Gasteiger partial charge in [0.1, 0.15) is 16.4 Å². The van der Waals surface area contributed by atoms with Crippen LogP contribution < -0.4 is 0 Å². The van der Waals surface area contributed by atoms with Gasteiger partial charge in [-0.3, -0.25) is 0 Å². The zero-order valence-electron chi connectivity index (χ0n) is 6.82. The lowest BCUT2D eigenvalue weighted by Gasteiger charge is -1.93. The maximum atomic E-state index is 12.8. The van der Waals surface area contributed by atoms with E-state index in [0.717, 1.165) is 17.4 Å². The topological polar surface area (TPSA) is 57.5 Å². The summed E-state index contributed by atoms with van der Waals surface area (Å²) in [5, 5.41) is 18.4. The first-order valence-electron chi connectivity index (χ1n) is 3.73. The zero-order valence-corrected chi connectivity index (χ0v) is 7.64. The van der Waals surface area contributed by atoms with Crippen LogP contribution in [-0.4, -0.2) is 16.2 Å². The van der Waals surface area contributed by atoms with E-state index in [0.29, 0.717) is 10.1 Å². The number of aromatic carboxylic acids is 1. The van der Waals surface area contributed by atoms with Crippen molar-refractivity contribution in [1.82, 2.24) is 0 Å². The molecule has 3 nitrogen and oxygen atoms in total. The second kappa shape index (κ2) is 2.95. The molecule has 2 rings (SSSR count). The Morgan fingerprint density at radius 1 is 1.36 bits per heavy atom. The van der Waals surface area contributed by atoms with Crippen molar-refractivity contribution < 1.29 is 19.4 Å². The molecule has 72 valence electrons. The molecule has 0 unspecified atom stereocenters. The molecule has 0 aliphatic rings. The monoisotopic (exact) mass is 212 g/mol. The van der Waals surface area contributed by atoms with Crippen LogP contribution in [0.15, 0.2) is 18.2 Å². The van der Waals surface area contributed by atoms with Crippen LogP contribution in [0.25, 0.3) is 10.1 Å². The molecule has 1 aromatic heterocycles. The summed E-state index contributed by atoms with van der Waals surface area (Å²) in [6.07, 6.45) is 0. The molecule has 5 heteroatoms. The summed E-state index contributed by atoms with van der Waals surface area (Å²) in [7, 11) is 0. The molecule has 0 atom stereocenters. The number of hydrogen-bond donors (Lipinski definition) is 2. The van der Waals surface area contributed by atoms with E-state index < -0.39 is 11.8 Å². The Kier molecular flexibility index (Phi) is 1.89. The van der Waals surface area contributed by atoms with Crippen molar-refractivity contribution in [2.24, 2.45) is 0 Å². The van der Waals surface area contributed by atoms with Crippen LogP contribution in [0.1, 0.15) is 9.67 Å². The van der Waals surface area contributed by atoms with Gasteiger partial charge >= 0.3 is 5.97 Å². The predicted octanol–water partition coefficient (Wildman–Crippen LogP) is 2.44. The number of rotatable bonds is 1. The van der Waals surface area contributed by atoms with Crippen molar-refractivity contribution >= 4 is 27.4 Å². The Morgan fingerprint density at radius 2 is 2.07 bits per heavy atom. The van der Waals surface area contributed by atoms with Gasteiger partial charge in [-0.2, -0.15) is 0 Å². The SMILES string of the molecule is O=C(O)c1cc2cc(F)cc(O)c2s1. The molecular formula is C9H5FO3S. The molecule has 0 bridgehead atoms. The normalized spacial score (nSPS) is 10.6. The molecule has 14 heavy (non-hydrogen) atoms. The molecule has 1 aromatic carbocycles. The highest BCUT2D eigenvalue weighted by Gasteiger charge is 2.11. The highest BCUT2D eigenvalue weighted by Crippen LogP contribution is 2.33. The Hall–Kier alpha value is -1.62. The number of thiophene rings is 1. The number of benzene rings is 1. The third-order valence-electron chi connectivity index (χ3n) is 1.77. The summed E-state index contributed by atoms with van der Waals surface area (Å²) in [6.45, 7) is 0. The van der Waals surface area contributed by atoms with E-state index in [2.05, 4.69) is 0 Å². The predicted molar refractivity (Wildman–Crippen MR) is 50.4 cm³/mol. The standard InChI is InChI=1S/C9H5FO3S/c10-5-1-4-2-7(9(12)13)14-8(4)6(11)3-5/h1-3,11H,(H,12,13). The van der Waals surface area contributed by atoms with Gasteiger partial charge in [0.2, 0.25) is 0 Å². The Morgan fingerprint density at radius 3 is 2.71 bits per heavy atom. The number of fused-ring (bicyclic) bond motifs is 1. The van der Waals surface area contributed by atoms with Crippen LogP contribution >= 0.6 is 11.3 Å². The zero-order chi connectivity index (χ0) is 10.3. The maximum absolute atomic E-state index is 12.8. The number of phenols is 1. The van der Waals surface area contributed by atoms with Gasteiger partial charge in [-0.25, -0.2) is 9.18 Å². The highest BCUT2D eigenvalue weighted by molar-refractivity contribution is 7.21. The van der Waals surface area contributed by atoms with Crippen molar-refractivity contribution in [2.75, 3.05) is 0 Å². The fraction of sp³-hybridized carbons (Fsp3) is 0. The van der Waals surface area contributed by atoms with Crippen LogP contribution in [0, 0.1) is 5.82 Å². The smallest absolute Gasteiger partial charge is 0.345 e. The largest absolute Gasteiger partial charge is 0.506 e.